The minimum absolute atomic E-state index is 0.0423. The first kappa shape index (κ1) is 27.1. The fraction of sp³-hybridized carbons (Fsp3) is 0.241. The highest BCUT2D eigenvalue weighted by Gasteiger charge is 2.58. The molecule has 7 rings (SSSR count). The van der Waals surface area contributed by atoms with Gasteiger partial charge < -0.3 is 19.4 Å². The van der Waals surface area contributed by atoms with Gasteiger partial charge in [0.15, 0.2) is 17.6 Å². The Balaban J connectivity index is 1.12. The van der Waals surface area contributed by atoms with Gasteiger partial charge in [0.25, 0.3) is 11.8 Å². The number of fused-ring (bicyclic) bond motifs is 3. The standard InChI is InChI=1S/C29H22F3N5O5S/c30-15-43(39,40)25-14-42-23-4-1-16(9-19(23)25)28(38)34-13-18-10-22-17(12-33-18)2-6-26(35-22)37-7-8-41-24-5-3-21(36-27(24)37)20-11-29(20,31)32/h1-6,9-10,12,14,20H,7-8,11,13,15H2,(H,34,38). The Labute approximate surface area is 242 Å². The first-order chi connectivity index (χ1) is 20.6. The van der Waals surface area contributed by atoms with E-state index in [1.54, 1.807) is 30.5 Å². The number of furan rings is 1. The fourth-order valence-electron chi connectivity index (χ4n) is 5.07. The zero-order valence-corrected chi connectivity index (χ0v) is 23.1. The summed E-state index contributed by atoms with van der Waals surface area (Å²) in [7, 11) is -4.19. The van der Waals surface area contributed by atoms with Gasteiger partial charge in [0.05, 0.1) is 35.9 Å². The molecule has 43 heavy (non-hydrogen) atoms. The lowest BCUT2D eigenvalue weighted by molar-refractivity contribution is 0.0950. The molecule has 4 aromatic heterocycles. The van der Waals surface area contributed by atoms with Crippen LogP contribution in [0.25, 0.3) is 21.9 Å². The van der Waals surface area contributed by atoms with Gasteiger partial charge in [-0.05, 0) is 48.5 Å². The van der Waals surface area contributed by atoms with Gasteiger partial charge in [-0.1, -0.05) is 0 Å². The third-order valence-electron chi connectivity index (χ3n) is 7.47. The molecule has 5 heterocycles. The second-order valence-electron chi connectivity index (χ2n) is 10.3. The molecule has 2 aliphatic rings. The second kappa shape index (κ2) is 9.93. The molecule has 1 atom stereocenters. The molecule has 220 valence electrons. The second-order valence-corrected chi connectivity index (χ2v) is 12.2. The zero-order valence-electron chi connectivity index (χ0n) is 22.3. The number of alkyl halides is 3. The van der Waals surface area contributed by atoms with Crippen molar-refractivity contribution in [1.29, 1.82) is 0 Å². The van der Waals surface area contributed by atoms with Crippen molar-refractivity contribution in [2.45, 2.75) is 29.7 Å². The van der Waals surface area contributed by atoms with Crippen molar-refractivity contribution in [3.63, 3.8) is 0 Å². The molecule has 1 N–H and O–H groups in total. The monoisotopic (exact) mass is 609 g/mol. The normalized spacial score (nSPS) is 17.5. The maximum absolute atomic E-state index is 13.7. The van der Waals surface area contributed by atoms with E-state index in [0.717, 1.165) is 11.6 Å². The van der Waals surface area contributed by atoms with Crippen LogP contribution < -0.4 is 15.0 Å². The third kappa shape index (κ3) is 4.90. The van der Waals surface area contributed by atoms with Crippen molar-refractivity contribution in [2.75, 3.05) is 24.1 Å². The largest absolute Gasteiger partial charge is 0.488 e. The van der Waals surface area contributed by atoms with Gasteiger partial charge in [0.2, 0.25) is 9.84 Å². The van der Waals surface area contributed by atoms with Crippen LogP contribution >= 0.6 is 0 Å². The van der Waals surface area contributed by atoms with Crippen LogP contribution in [0.3, 0.4) is 0 Å². The van der Waals surface area contributed by atoms with E-state index < -0.39 is 33.6 Å². The lowest BCUT2D eigenvalue weighted by Gasteiger charge is -2.29. The molecule has 10 nitrogen and oxygen atoms in total. The van der Waals surface area contributed by atoms with Crippen LogP contribution in [-0.4, -0.2) is 54.4 Å². The Morgan fingerprint density at radius 1 is 1.12 bits per heavy atom. The van der Waals surface area contributed by atoms with Crippen LogP contribution in [0.4, 0.5) is 24.8 Å². The summed E-state index contributed by atoms with van der Waals surface area (Å²) < 4.78 is 75.5. The van der Waals surface area contributed by atoms with Gasteiger partial charge >= 0.3 is 0 Å². The molecule has 0 spiro atoms. The number of rotatable bonds is 7. The van der Waals surface area contributed by atoms with Gasteiger partial charge in [0, 0.05) is 29.0 Å². The van der Waals surface area contributed by atoms with Gasteiger partial charge in [-0.3, -0.25) is 9.78 Å². The smallest absolute Gasteiger partial charge is 0.257 e. The number of carbonyl (C=O) groups excluding carboxylic acids is 1. The molecule has 14 heteroatoms. The number of nitrogens with zero attached hydrogens (tertiary/aromatic N) is 4. The Hall–Kier alpha value is -4.72. The SMILES string of the molecule is O=C(NCc1cc2nc(N3CCOc4ccc(C5CC5(F)F)nc43)ccc2cn1)c1ccc2occ(S(=O)(=O)CF)c2c1. The van der Waals surface area contributed by atoms with Crippen LogP contribution in [0.5, 0.6) is 5.75 Å². The van der Waals surface area contributed by atoms with Crippen LogP contribution in [0.15, 0.2) is 70.3 Å². The highest BCUT2D eigenvalue weighted by Crippen LogP contribution is 2.55. The number of ether oxygens (including phenoxy) is 1. The number of nitrogens with one attached hydrogen (secondary N) is 1. The molecule has 1 aliphatic carbocycles. The molecule has 1 unspecified atom stereocenters. The molecule has 5 aromatic rings. The third-order valence-corrected chi connectivity index (χ3v) is 8.75. The number of pyridine rings is 3. The summed E-state index contributed by atoms with van der Waals surface area (Å²) in [6.45, 7) is 0.833. The Morgan fingerprint density at radius 3 is 2.74 bits per heavy atom. The molecule has 1 amide bonds. The molecular weight excluding hydrogens is 587 g/mol. The van der Waals surface area contributed by atoms with Gasteiger partial charge in [-0.2, -0.15) is 0 Å². The van der Waals surface area contributed by atoms with Crippen molar-refractivity contribution >= 4 is 49.3 Å². The Morgan fingerprint density at radius 2 is 1.95 bits per heavy atom. The summed E-state index contributed by atoms with van der Waals surface area (Å²) in [5.74, 6) is -2.67. The van der Waals surface area contributed by atoms with E-state index in [2.05, 4.69) is 15.3 Å². The highest BCUT2D eigenvalue weighted by atomic mass is 32.2. The van der Waals surface area contributed by atoms with Crippen molar-refractivity contribution in [2.24, 2.45) is 0 Å². The Kier molecular flexibility index (Phi) is 6.27. The van der Waals surface area contributed by atoms with Crippen molar-refractivity contribution in [3.05, 3.63) is 77.9 Å². The summed E-state index contributed by atoms with van der Waals surface area (Å²) in [4.78, 5) is 28.1. The number of benzene rings is 1. The number of aromatic nitrogens is 3. The molecule has 1 aliphatic heterocycles. The van der Waals surface area contributed by atoms with Gasteiger partial charge in [-0.15, -0.1) is 0 Å². The zero-order chi connectivity index (χ0) is 29.9. The molecule has 1 saturated carbocycles. The number of anilines is 2. The van der Waals surface area contributed by atoms with E-state index >= 15 is 0 Å². The number of hydrogen-bond donors (Lipinski definition) is 1. The molecule has 1 fully saturated rings. The summed E-state index contributed by atoms with van der Waals surface area (Å²) in [6, 6.07) is 11.3. The molecule has 0 saturated heterocycles. The highest BCUT2D eigenvalue weighted by molar-refractivity contribution is 7.91. The topological polar surface area (TPSA) is 128 Å². The van der Waals surface area contributed by atoms with Crippen LogP contribution in [-0.2, 0) is 16.4 Å². The fourth-order valence-corrected chi connectivity index (χ4v) is 5.88. The van der Waals surface area contributed by atoms with E-state index in [1.807, 2.05) is 11.0 Å². The van der Waals surface area contributed by atoms with Gasteiger partial charge in [0.1, 0.15) is 29.2 Å². The average molecular weight is 610 g/mol. The number of carbonyl (C=O) groups is 1. The lowest BCUT2D eigenvalue weighted by atomic mass is 10.1. The van der Waals surface area contributed by atoms with Crippen LogP contribution in [0.2, 0.25) is 0 Å². The maximum atomic E-state index is 13.7. The summed E-state index contributed by atoms with van der Waals surface area (Å²) in [6.07, 6.45) is 2.36. The summed E-state index contributed by atoms with van der Waals surface area (Å²) in [5.41, 5.74) is 1.79. The van der Waals surface area contributed by atoms with Gasteiger partial charge in [-0.25, -0.2) is 31.6 Å². The van der Waals surface area contributed by atoms with Crippen molar-refractivity contribution < 1.29 is 35.5 Å². The van der Waals surface area contributed by atoms with Crippen molar-refractivity contribution in [3.8, 4) is 5.75 Å². The lowest BCUT2D eigenvalue weighted by Crippen LogP contribution is -2.30. The Bertz CT molecular complexity index is 2030. The quantitative estimate of drug-likeness (QED) is 0.270. The van der Waals surface area contributed by atoms with Crippen molar-refractivity contribution in [1.82, 2.24) is 20.3 Å². The predicted molar refractivity (Wildman–Crippen MR) is 149 cm³/mol. The first-order valence-corrected chi connectivity index (χ1v) is 14.9. The minimum atomic E-state index is -4.19. The van der Waals surface area contributed by atoms with E-state index in [4.69, 9.17) is 14.1 Å². The molecule has 0 bridgehead atoms. The number of sulfone groups is 1. The maximum Gasteiger partial charge on any atom is 0.257 e. The number of hydrogen-bond acceptors (Lipinski definition) is 9. The van der Waals surface area contributed by atoms with E-state index in [1.165, 1.54) is 18.2 Å². The minimum Gasteiger partial charge on any atom is -0.488 e. The predicted octanol–water partition coefficient (Wildman–Crippen LogP) is 5.05. The molecule has 1 aromatic carbocycles. The average Bonchev–Trinajstić information content (AvgIpc) is 3.44. The molecular formula is C29H22F3N5O5S. The van der Waals surface area contributed by atoms with Crippen LogP contribution in [0.1, 0.15) is 34.1 Å². The number of halogens is 3. The first-order valence-electron chi connectivity index (χ1n) is 13.3. The number of amides is 1. The van der Waals surface area contributed by atoms with E-state index in [9.17, 15) is 26.4 Å². The van der Waals surface area contributed by atoms with E-state index in [0.29, 0.717) is 47.4 Å². The molecule has 0 radical (unpaired) electrons. The van der Waals surface area contributed by atoms with E-state index in [-0.39, 0.29) is 34.4 Å². The summed E-state index contributed by atoms with van der Waals surface area (Å²) in [5, 5.41) is 3.61. The van der Waals surface area contributed by atoms with Crippen LogP contribution in [0, 0.1) is 0 Å². The summed E-state index contributed by atoms with van der Waals surface area (Å²) >= 11 is 0.